The third kappa shape index (κ3) is 6.53. The lowest BCUT2D eigenvalue weighted by molar-refractivity contribution is -0.164. The van der Waals surface area contributed by atoms with Crippen LogP contribution >= 0.6 is 0 Å². The summed E-state index contributed by atoms with van der Waals surface area (Å²) in [6, 6.07) is 0. The maximum Gasteiger partial charge on any atom is 0.337 e. The Morgan fingerprint density at radius 2 is 1.47 bits per heavy atom. The first-order chi connectivity index (χ1) is 8.76. The van der Waals surface area contributed by atoms with Crippen LogP contribution in [0.5, 0.6) is 0 Å². The Bertz CT molecular complexity index is 401. The molecule has 0 aromatic rings. The molecule has 0 heterocycles. The van der Waals surface area contributed by atoms with Crippen molar-refractivity contribution in [3.63, 3.8) is 0 Å². The minimum atomic E-state index is -3.90. The summed E-state index contributed by atoms with van der Waals surface area (Å²) >= 11 is 0. The van der Waals surface area contributed by atoms with Crippen molar-refractivity contribution < 1.29 is 31.7 Å². The highest BCUT2D eigenvalue weighted by Crippen LogP contribution is 2.18. The minimum Gasteiger partial charge on any atom is -0.466 e. The van der Waals surface area contributed by atoms with Crippen LogP contribution in [0.15, 0.2) is 0 Å². The largest absolute Gasteiger partial charge is 0.466 e. The third-order valence-corrected chi connectivity index (χ3v) is 2.75. The number of esters is 2. The summed E-state index contributed by atoms with van der Waals surface area (Å²) in [6.45, 7) is 4.99. The van der Waals surface area contributed by atoms with Gasteiger partial charge in [0.05, 0.1) is 25.4 Å². The number of rotatable bonds is 8. The van der Waals surface area contributed by atoms with Gasteiger partial charge in [0.25, 0.3) is 10.1 Å². The zero-order valence-electron chi connectivity index (χ0n) is 11.5. The van der Waals surface area contributed by atoms with Crippen LogP contribution in [0.3, 0.4) is 0 Å². The first kappa shape index (κ1) is 17.8. The molecule has 0 fully saturated rings. The summed E-state index contributed by atoms with van der Waals surface area (Å²) in [5.74, 6) is -2.60. The first-order valence-corrected chi connectivity index (χ1v) is 7.79. The predicted molar refractivity (Wildman–Crippen MR) is 66.8 cm³/mol. The van der Waals surface area contributed by atoms with E-state index >= 15 is 0 Å². The minimum absolute atomic E-state index is 0.0573. The van der Waals surface area contributed by atoms with Gasteiger partial charge in [0.1, 0.15) is 0 Å². The standard InChI is InChI=1S/C11H20O7S/c1-5-8(10(12)16-6-2)9(11(13)17-7-3)18-19(4,14)15/h8-9H,5-7H2,1-4H3/t8-,9+/m0/s1. The zero-order valence-corrected chi connectivity index (χ0v) is 12.4. The van der Waals surface area contributed by atoms with Crippen LogP contribution in [0, 0.1) is 5.92 Å². The van der Waals surface area contributed by atoms with Gasteiger partial charge in [0.15, 0.2) is 6.10 Å². The van der Waals surface area contributed by atoms with Gasteiger partial charge in [-0.05, 0) is 20.3 Å². The number of hydrogen-bond donors (Lipinski definition) is 0. The van der Waals surface area contributed by atoms with E-state index in [2.05, 4.69) is 4.18 Å². The number of hydrogen-bond acceptors (Lipinski definition) is 7. The monoisotopic (exact) mass is 296 g/mol. The molecule has 0 radical (unpaired) electrons. The maximum atomic E-state index is 11.7. The normalized spacial score (nSPS) is 14.5. The fraction of sp³-hybridized carbons (Fsp3) is 0.818. The van der Waals surface area contributed by atoms with Crippen molar-refractivity contribution in [3.05, 3.63) is 0 Å². The quantitative estimate of drug-likeness (QED) is 0.475. The van der Waals surface area contributed by atoms with Crippen LogP contribution in [-0.4, -0.2) is 45.9 Å². The number of carbonyl (C=O) groups is 2. The average Bonchev–Trinajstić information content (AvgIpc) is 2.27. The van der Waals surface area contributed by atoms with E-state index < -0.39 is 34.1 Å². The molecule has 0 unspecified atom stereocenters. The molecule has 2 atom stereocenters. The molecule has 0 amide bonds. The Hall–Kier alpha value is -1.15. The molecule has 112 valence electrons. The van der Waals surface area contributed by atoms with Crippen molar-refractivity contribution in [2.75, 3.05) is 19.5 Å². The topological polar surface area (TPSA) is 96.0 Å². The van der Waals surface area contributed by atoms with E-state index in [0.29, 0.717) is 0 Å². The third-order valence-electron chi connectivity index (χ3n) is 2.19. The molecular weight excluding hydrogens is 276 g/mol. The van der Waals surface area contributed by atoms with Gasteiger partial charge < -0.3 is 9.47 Å². The Morgan fingerprint density at radius 3 is 1.84 bits per heavy atom. The summed E-state index contributed by atoms with van der Waals surface area (Å²) in [5, 5.41) is 0. The van der Waals surface area contributed by atoms with E-state index in [9.17, 15) is 18.0 Å². The van der Waals surface area contributed by atoms with Gasteiger partial charge in [-0.2, -0.15) is 8.42 Å². The molecule has 0 aliphatic carbocycles. The SMILES string of the molecule is CCOC(=O)[C@@H](CC)[C@@H](OS(C)(=O)=O)C(=O)OCC. The smallest absolute Gasteiger partial charge is 0.337 e. The van der Waals surface area contributed by atoms with E-state index in [1.165, 1.54) is 0 Å². The molecule has 0 aliphatic rings. The molecule has 19 heavy (non-hydrogen) atoms. The molecule has 0 N–H and O–H groups in total. The fourth-order valence-electron chi connectivity index (χ4n) is 1.44. The molecule has 0 aliphatic heterocycles. The van der Waals surface area contributed by atoms with Crippen molar-refractivity contribution >= 4 is 22.1 Å². The molecule has 0 saturated heterocycles. The van der Waals surface area contributed by atoms with Crippen molar-refractivity contribution in [3.8, 4) is 0 Å². The van der Waals surface area contributed by atoms with Crippen molar-refractivity contribution in [2.24, 2.45) is 5.92 Å². The van der Waals surface area contributed by atoms with Crippen LogP contribution in [0.25, 0.3) is 0 Å². The van der Waals surface area contributed by atoms with Gasteiger partial charge in [-0.1, -0.05) is 6.92 Å². The summed E-state index contributed by atoms with van der Waals surface area (Å²) in [5.41, 5.74) is 0. The lowest BCUT2D eigenvalue weighted by Crippen LogP contribution is -2.40. The zero-order chi connectivity index (χ0) is 15.1. The molecule has 7 nitrogen and oxygen atoms in total. The predicted octanol–water partition coefficient (Wildman–Crippen LogP) is 0.484. The molecule has 0 aromatic carbocycles. The molecule has 0 bridgehead atoms. The Kier molecular flexibility index (Phi) is 7.62. The van der Waals surface area contributed by atoms with E-state index in [1.807, 2.05) is 0 Å². The van der Waals surface area contributed by atoms with Gasteiger partial charge in [0, 0.05) is 0 Å². The van der Waals surface area contributed by atoms with Gasteiger partial charge in [0.2, 0.25) is 0 Å². The Balaban J connectivity index is 5.17. The van der Waals surface area contributed by atoms with Crippen LogP contribution in [0.1, 0.15) is 27.2 Å². The average molecular weight is 296 g/mol. The van der Waals surface area contributed by atoms with Crippen molar-refractivity contribution in [1.82, 2.24) is 0 Å². The summed E-state index contributed by atoms with van der Waals surface area (Å²) < 4.78 is 36.5. The van der Waals surface area contributed by atoms with Crippen molar-refractivity contribution in [2.45, 2.75) is 33.3 Å². The van der Waals surface area contributed by atoms with Crippen LogP contribution in [0.4, 0.5) is 0 Å². The number of carbonyl (C=O) groups excluding carboxylic acids is 2. The van der Waals surface area contributed by atoms with Gasteiger partial charge >= 0.3 is 11.9 Å². The highest BCUT2D eigenvalue weighted by Gasteiger charge is 2.38. The molecule has 0 aromatic heterocycles. The van der Waals surface area contributed by atoms with E-state index in [-0.39, 0.29) is 19.6 Å². The Morgan fingerprint density at radius 1 is 1.00 bits per heavy atom. The second-order valence-electron chi connectivity index (χ2n) is 3.74. The van der Waals surface area contributed by atoms with E-state index in [4.69, 9.17) is 9.47 Å². The van der Waals surface area contributed by atoms with Crippen LogP contribution in [-0.2, 0) is 33.4 Å². The lowest BCUT2D eigenvalue weighted by Gasteiger charge is -2.22. The molecular formula is C11H20O7S. The molecule has 0 spiro atoms. The van der Waals surface area contributed by atoms with Gasteiger partial charge in [-0.3, -0.25) is 8.98 Å². The molecule has 0 saturated carbocycles. The van der Waals surface area contributed by atoms with Crippen molar-refractivity contribution in [1.29, 1.82) is 0 Å². The highest BCUT2D eigenvalue weighted by atomic mass is 32.2. The second kappa shape index (κ2) is 8.11. The summed E-state index contributed by atoms with van der Waals surface area (Å²) in [4.78, 5) is 23.4. The highest BCUT2D eigenvalue weighted by molar-refractivity contribution is 7.86. The lowest BCUT2D eigenvalue weighted by atomic mass is 10.00. The van der Waals surface area contributed by atoms with Gasteiger partial charge in [-0.25, -0.2) is 4.79 Å². The fourth-order valence-corrected chi connectivity index (χ4v) is 2.03. The van der Waals surface area contributed by atoms with E-state index in [0.717, 1.165) is 6.26 Å². The van der Waals surface area contributed by atoms with Gasteiger partial charge in [-0.15, -0.1) is 0 Å². The second-order valence-corrected chi connectivity index (χ2v) is 5.34. The summed E-state index contributed by atoms with van der Waals surface area (Å²) in [7, 11) is -3.90. The Labute approximate surface area is 113 Å². The maximum absolute atomic E-state index is 11.7. The first-order valence-electron chi connectivity index (χ1n) is 5.98. The molecule has 0 rings (SSSR count). The van der Waals surface area contributed by atoms with E-state index in [1.54, 1.807) is 20.8 Å². The molecule has 8 heteroatoms. The van der Waals surface area contributed by atoms with Crippen LogP contribution in [0.2, 0.25) is 0 Å². The van der Waals surface area contributed by atoms with Crippen LogP contribution < -0.4 is 0 Å². The summed E-state index contributed by atoms with van der Waals surface area (Å²) in [6.07, 6.45) is -0.520. The number of ether oxygens (including phenoxy) is 2.